The molecule has 1 aliphatic carbocycles. The predicted octanol–water partition coefficient (Wildman–Crippen LogP) is 3.79. The third kappa shape index (κ3) is 4.92. The molecule has 114 valence electrons. The molecule has 3 nitrogen and oxygen atoms in total. The first-order valence-electron chi connectivity index (χ1n) is 7.90. The summed E-state index contributed by atoms with van der Waals surface area (Å²) in [5.74, 6) is 1.44. The Morgan fingerprint density at radius 2 is 2.00 bits per heavy atom. The second-order valence-corrected chi connectivity index (χ2v) is 5.71. The maximum Gasteiger partial charge on any atom is 0.244 e. The van der Waals surface area contributed by atoms with E-state index in [4.69, 9.17) is 4.74 Å². The molecule has 0 radical (unpaired) electrons. The minimum absolute atomic E-state index is 0.00244. The van der Waals surface area contributed by atoms with Crippen LogP contribution in [0.4, 0.5) is 0 Å². The summed E-state index contributed by atoms with van der Waals surface area (Å²) in [5.41, 5.74) is 1.00. The molecular weight excluding hydrogens is 262 g/mol. The maximum atomic E-state index is 12.0. The van der Waals surface area contributed by atoms with E-state index in [-0.39, 0.29) is 5.91 Å². The molecule has 1 aromatic rings. The van der Waals surface area contributed by atoms with E-state index < -0.39 is 0 Å². The van der Waals surface area contributed by atoms with Gasteiger partial charge in [-0.15, -0.1) is 0 Å². The second kappa shape index (κ2) is 7.87. The van der Waals surface area contributed by atoms with Gasteiger partial charge >= 0.3 is 0 Å². The number of hydrogen-bond donors (Lipinski definition) is 1. The summed E-state index contributed by atoms with van der Waals surface area (Å²) < 4.78 is 5.40. The number of amides is 1. The number of rotatable bonds is 5. The van der Waals surface area contributed by atoms with Gasteiger partial charge in [0, 0.05) is 12.1 Å². The van der Waals surface area contributed by atoms with Crippen molar-refractivity contribution in [1.82, 2.24) is 5.32 Å². The maximum absolute atomic E-state index is 12.0. The fraction of sp³-hybridized carbons (Fsp3) is 0.500. The number of hydrogen-bond acceptors (Lipinski definition) is 2. The van der Waals surface area contributed by atoms with Crippen LogP contribution < -0.4 is 10.1 Å². The molecule has 0 bridgehead atoms. The molecule has 1 amide bonds. The van der Waals surface area contributed by atoms with Crippen molar-refractivity contribution in [3.8, 4) is 5.75 Å². The average Bonchev–Trinajstić information content (AvgIpc) is 2.49. The van der Waals surface area contributed by atoms with E-state index in [1.165, 1.54) is 19.3 Å². The minimum atomic E-state index is 0.00244. The van der Waals surface area contributed by atoms with Gasteiger partial charge in [-0.25, -0.2) is 0 Å². The molecule has 0 heterocycles. The molecule has 1 fully saturated rings. The van der Waals surface area contributed by atoms with Crippen LogP contribution in [0.25, 0.3) is 6.08 Å². The van der Waals surface area contributed by atoms with E-state index in [0.29, 0.717) is 18.6 Å². The summed E-state index contributed by atoms with van der Waals surface area (Å²) in [7, 11) is 0. The van der Waals surface area contributed by atoms with Gasteiger partial charge in [0.05, 0.1) is 6.61 Å². The Bertz CT molecular complexity index is 478. The third-order valence-corrected chi connectivity index (χ3v) is 4.06. The van der Waals surface area contributed by atoms with Gasteiger partial charge in [0.25, 0.3) is 0 Å². The lowest BCUT2D eigenvalue weighted by atomic mass is 9.86. The van der Waals surface area contributed by atoms with Crippen molar-refractivity contribution < 1.29 is 9.53 Å². The van der Waals surface area contributed by atoms with E-state index >= 15 is 0 Å². The van der Waals surface area contributed by atoms with Gasteiger partial charge in [0.1, 0.15) is 5.75 Å². The topological polar surface area (TPSA) is 38.3 Å². The Balaban J connectivity index is 1.86. The number of carbonyl (C=O) groups is 1. The van der Waals surface area contributed by atoms with E-state index in [0.717, 1.165) is 17.7 Å². The van der Waals surface area contributed by atoms with Gasteiger partial charge in [-0.2, -0.15) is 0 Å². The summed E-state index contributed by atoms with van der Waals surface area (Å²) in [5, 5.41) is 3.12. The molecular formula is C18H25NO2. The monoisotopic (exact) mass is 287 g/mol. The zero-order valence-corrected chi connectivity index (χ0v) is 13.0. The Morgan fingerprint density at radius 1 is 1.29 bits per heavy atom. The van der Waals surface area contributed by atoms with Crippen LogP contribution in [0.1, 0.15) is 45.1 Å². The number of carbonyl (C=O) groups excluding carboxylic acids is 1. The zero-order chi connectivity index (χ0) is 15.1. The van der Waals surface area contributed by atoms with E-state index in [9.17, 15) is 4.79 Å². The smallest absolute Gasteiger partial charge is 0.244 e. The summed E-state index contributed by atoms with van der Waals surface area (Å²) >= 11 is 0. The summed E-state index contributed by atoms with van der Waals surface area (Å²) in [4.78, 5) is 12.0. The molecule has 1 saturated carbocycles. The van der Waals surface area contributed by atoms with Crippen LogP contribution in [-0.4, -0.2) is 18.6 Å². The van der Waals surface area contributed by atoms with Gasteiger partial charge < -0.3 is 10.1 Å². The largest absolute Gasteiger partial charge is 0.494 e. The minimum Gasteiger partial charge on any atom is -0.494 e. The summed E-state index contributed by atoms with van der Waals surface area (Å²) in [6, 6.07) is 8.08. The average molecular weight is 287 g/mol. The quantitative estimate of drug-likeness (QED) is 0.837. The van der Waals surface area contributed by atoms with Gasteiger partial charge in [-0.3, -0.25) is 4.79 Å². The summed E-state index contributed by atoms with van der Waals surface area (Å²) in [6.45, 7) is 4.85. The molecule has 3 heteroatoms. The third-order valence-electron chi connectivity index (χ3n) is 4.06. The molecule has 2 rings (SSSR count). The Morgan fingerprint density at radius 3 is 2.67 bits per heavy atom. The SMILES string of the molecule is CCOc1ccc(/C=C/C(=O)N[C@H]2CCCC[C@@H]2C)cc1. The highest BCUT2D eigenvalue weighted by Gasteiger charge is 2.21. The lowest BCUT2D eigenvalue weighted by Gasteiger charge is -2.29. The van der Waals surface area contributed by atoms with E-state index in [2.05, 4.69) is 12.2 Å². The fourth-order valence-corrected chi connectivity index (χ4v) is 2.78. The number of benzene rings is 1. The normalized spacial score (nSPS) is 22.2. The van der Waals surface area contributed by atoms with E-state index in [1.807, 2.05) is 37.3 Å². The van der Waals surface area contributed by atoms with Gasteiger partial charge in [0.2, 0.25) is 5.91 Å². The Labute approximate surface area is 127 Å². The molecule has 2 atom stereocenters. The van der Waals surface area contributed by atoms with Crippen molar-refractivity contribution in [2.24, 2.45) is 5.92 Å². The highest BCUT2D eigenvalue weighted by Crippen LogP contribution is 2.23. The van der Waals surface area contributed by atoms with Crippen LogP contribution in [0.5, 0.6) is 5.75 Å². The van der Waals surface area contributed by atoms with E-state index in [1.54, 1.807) is 6.08 Å². The summed E-state index contributed by atoms with van der Waals surface area (Å²) in [6.07, 6.45) is 8.29. The van der Waals surface area contributed by atoms with Crippen molar-refractivity contribution in [2.75, 3.05) is 6.61 Å². The van der Waals surface area contributed by atoms with Crippen molar-refractivity contribution in [3.05, 3.63) is 35.9 Å². The lowest BCUT2D eigenvalue weighted by Crippen LogP contribution is -2.40. The van der Waals surface area contributed by atoms with Crippen LogP contribution >= 0.6 is 0 Å². The zero-order valence-electron chi connectivity index (χ0n) is 13.0. The molecule has 0 spiro atoms. The van der Waals surface area contributed by atoms with Gasteiger partial charge in [0.15, 0.2) is 0 Å². The van der Waals surface area contributed by atoms with Crippen LogP contribution in [0.2, 0.25) is 0 Å². The predicted molar refractivity (Wildman–Crippen MR) is 86.2 cm³/mol. The molecule has 21 heavy (non-hydrogen) atoms. The van der Waals surface area contributed by atoms with Crippen LogP contribution in [-0.2, 0) is 4.79 Å². The second-order valence-electron chi connectivity index (χ2n) is 5.71. The molecule has 1 aliphatic rings. The standard InChI is InChI=1S/C18H25NO2/c1-3-21-16-11-8-15(9-12-16)10-13-18(20)19-17-7-5-4-6-14(17)2/h8-14,17H,3-7H2,1-2H3,(H,19,20)/b13-10+/t14-,17-/m0/s1. The molecule has 1 N–H and O–H groups in total. The van der Waals surface area contributed by atoms with Crippen LogP contribution in [0.15, 0.2) is 30.3 Å². The number of ether oxygens (including phenoxy) is 1. The molecule has 0 saturated heterocycles. The number of nitrogens with one attached hydrogen (secondary N) is 1. The first kappa shape index (κ1) is 15.6. The van der Waals surface area contributed by atoms with Crippen molar-refractivity contribution in [2.45, 2.75) is 45.6 Å². The van der Waals surface area contributed by atoms with Crippen LogP contribution in [0, 0.1) is 5.92 Å². The highest BCUT2D eigenvalue weighted by molar-refractivity contribution is 5.91. The lowest BCUT2D eigenvalue weighted by molar-refractivity contribution is -0.117. The molecule has 0 aliphatic heterocycles. The fourth-order valence-electron chi connectivity index (χ4n) is 2.78. The van der Waals surface area contributed by atoms with Crippen molar-refractivity contribution in [3.63, 3.8) is 0 Å². The first-order valence-corrected chi connectivity index (χ1v) is 7.90. The molecule has 0 aromatic heterocycles. The first-order chi connectivity index (χ1) is 10.2. The highest BCUT2D eigenvalue weighted by atomic mass is 16.5. The Kier molecular flexibility index (Phi) is 5.85. The van der Waals surface area contributed by atoms with Gasteiger partial charge in [-0.1, -0.05) is 31.9 Å². The molecule has 0 unspecified atom stereocenters. The molecule has 1 aromatic carbocycles. The van der Waals surface area contributed by atoms with Crippen molar-refractivity contribution >= 4 is 12.0 Å². The van der Waals surface area contributed by atoms with Crippen LogP contribution in [0.3, 0.4) is 0 Å². The Hall–Kier alpha value is -1.77. The van der Waals surface area contributed by atoms with Gasteiger partial charge in [-0.05, 0) is 49.5 Å². The van der Waals surface area contributed by atoms with Crippen molar-refractivity contribution in [1.29, 1.82) is 0 Å².